The topological polar surface area (TPSA) is 29.5 Å². The van der Waals surface area contributed by atoms with Gasteiger partial charge in [-0.25, -0.2) is 0 Å². The van der Waals surface area contributed by atoms with Crippen LogP contribution in [0.3, 0.4) is 0 Å². The van der Waals surface area contributed by atoms with E-state index in [1.807, 2.05) is 37.3 Å². The standard InChI is InChI=1S/C17H26O2/c1-3-7-14-10-12-15(13-11-14)17(2,18)19-16-8-5-4-6-9-16/h4-6,8-9,14-15,18H,3,7,10-13H2,1-2H3. The fourth-order valence-corrected chi connectivity index (χ4v) is 3.21. The molecule has 0 aromatic heterocycles. The van der Waals surface area contributed by atoms with Gasteiger partial charge < -0.3 is 9.84 Å². The Morgan fingerprint density at radius 2 is 1.79 bits per heavy atom. The van der Waals surface area contributed by atoms with Crippen LogP contribution >= 0.6 is 0 Å². The van der Waals surface area contributed by atoms with Crippen LogP contribution in [0.4, 0.5) is 0 Å². The van der Waals surface area contributed by atoms with Gasteiger partial charge in [-0.15, -0.1) is 0 Å². The van der Waals surface area contributed by atoms with Crippen molar-refractivity contribution < 1.29 is 9.84 Å². The molecule has 2 nitrogen and oxygen atoms in total. The molecule has 2 rings (SSSR count). The zero-order valence-corrected chi connectivity index (χ0v) is 12.1. The molecular weight excluding hydrogens is 236 g/mol. The van der Waals surface area contributed by atoms with Crippen LogP contribution in [0.15, 0.2) is 30.3 Å². The minimum absolute atomic E-state index is 0.251. The van der Waals surface area contributed by atoms with Crippen LogP contribution in [0.5, 0.6) is 5.75 Å². The maximum atomic E-state index is 10.6. The molecule has 19 heavy (non-hydrogen) atoms. The zero-order valence-electron chi connectivity index (χ0n) is 12.1. The van der Waals surface area contributed by atoms with Crippen LogP contribution in [0.2, 0.25) is 0 Å². The Morgan fingerprint density at radius 3 is 2.37 bits per heavy atom. The van der Waals surface area contributed by atoms with Crippen molar-refractivity contribution in [3.05, 3.63) is 30.3 Å². The molecule has 1 atom stereocenters. The summed E-state index contributed by atoms with van der Waals surface area (Å²) in [6, 6.07) is 9.62. The summed E-state index contributed by atoms with van der Waals surface area (Å²) in [6.45, 7) is 4.06. The van der Waals surface area contributed by atoms with E-state index in [-0.39, 0.29) is 5.92 Å². The van der Waals surface area contributed by atoms with Crippen LogP contribution in [-0.2, 0) is 0 Å². The number of aliphatic hydroxyl groups is 1. The van der Waals surface area contributed by atoms with Crippen molar-refractivity contribution in [1.29, 1.82) is 0 Å². The van der Waals surface area contributed by atoms with Crippen molar-refractivity contribution in [1.82, 2.24) is 0 Å². The molecule has 0 amide bonds. The van der Waals surface area contributed by atoms with Crippen molar-refractivity contribution in [2.75, 3.05) is 0 Å². The second kappa shape index (κ2) is 6.42. The molecule has 0 radical (unpaired) electrons. The Morgan fingerprint density at radius 1 is 1.16 bits per heavy atom. The quantitative estimate of drug-likeness (QED) is 0.798. The first-order valence-electron chi connectivity index (χ1n) is 7.58. The van der Waals surface area contributed by atoms with Gasteiger partial charge in [-0.2, -0.15) is 0 Å². The Hall–Kier alpha value is -1.02. The third kappa shape index (κ3) is 3.97. The van der Waals surface area contributed by atoms with E-state index < -0.39 is 5.79 Å². The van der Waals surface area contributed by atoms with E-state index in [0.717, 1.165) is 24.5 Å². The molecular formula is C17H26O2. The van der Waals surface area contributed by atoms with Crippen molar-refractivity contribution in [2.24, 2.45) is 11.8 Å². The molecule has 1 saturated carbocycles. The van der Waals surface area contributed by atoms with Gasteiger partial charge in [-0.05, 0) is 43.7 Å². The number of rotatable bonds is 5. The highest BCUT2D eigenvalue weighted by atomic mass is 16.6. The fourth-order valence-electron chi connectivity index (χ4n) is 3.21. The van der Waals surface area contributed by atoms with Gasteiger partial charge in [-0.3, -0.25) is 0 Å². The molecule has 2 heteroatoms. The number of benzene rings is 1. The SMILES string of the molecule is CCCC1CCC(C(C)(O)Oc2ccccc2)CC1. The minimum atomic E-state index is -1.04. The molecule has 0 heterocycles. The Balaban J connectivity index is 1.90. The lowest BCUT2D eigenvalue weighted by molar-refractivity contribution is -0.172. The molecule has 1 unspecified atom stereocenters. The Labute approximate surface area is 116 Å². The number of hydrogen-bond acceptors (Lipinski definition) is 2. The summed E-state index contributed by atoms with van der Waals surface area (Å²) in [5.74, 6) is 0.816. The summed E-state index contributed by atoms with van der Waals surface area (Å²) in [5, 5.41) is 10.6. The molecule has 1 N–H and O–H groups in total. The smallest absolute Gasteiger partial charge is 0.208 e. The molecule has 1 aliphatic carbocycles. The number of para-hydroxylation sites is 1. The normalized spacial score (nSPS) is 26.7. The predicted molar refractivity (Wildman–Crippen MR) is 78.0 cm³/mol. The molecule has 0 spiro atoms. The van der Waals surface area contributed by atoms with Gasteiger partial charge in [-0.1, -0.05) is 38.0 Å². The van der Waals surface area contributed by atoms with Gasteiger partial charge in [0.15, 0.2) is 0 Å². The highest BCUT2D eigenvalue weighted by Gasteiger charge is 2.36. The number of ether oxygens (including phenoxy) is 1. The van der Waals surface area contributed by atoms with Gasteiger partial charge in [0.25, 0.3) is 0 Å². The fraction of sp³-hybridized carbons (Fsp3) is 0.647. The third-order valence-electron chi connectivity index (χ3n) is 4.37. The van der Waals surface area contributed by atoms with Crippen LogP contribution in [-0.4, -0.2) is 10.9 Å². The van der Waals surface area contributed by atoms with E-state index in [1.165, 1.54) is 25.7 Å². The summed E-state index contributed by atoms with van der Waals surface area (Å²) in [5.41, 5.74) is 0. The zero-order chi connectivity index (χ0) is 13.7. The van der Waals surface area contributed by atoms with Gasteiger partial charge in [0, 0.05) is 12.8 Å². The lowest BCUT2D eigenvalue weighted by Gasteiger charge is -2.38. The second-order valence-corrected chi connectivity index (χ2v) is 5.98. The average Bonchev–Trinajstić information content (AvgIpc) is 2.40. The van der Waals surface area contributed by atoms with Gasteiger partial charge in [0.2, 0.25) is 5.79 Å². The lowest BCUT2D eigenvalue weighted by Crippen LogP contribution is -2.42. The maximum Gasteiger partial charge on any atom is 0.208 e. The van der Waals surface area contributed by atoms with Gasteiger partial charge in [0.1, 0.15) is 5.75 Å². The highest BCUT2D eigenvalue weighted by Crippen LogP contribution is 2.38. The summed E-state index contributed by atoms with van der Waals surface area (Å²) in [6.07, 6.45) is 7.20. The maximum absolute atomic E-state index is 10.6. The molecule has 1 aromatic rings. The van der Waals surface area contributed by atoms with Crippen molar-refractivity contribution >= 4 is 0 Å². The van der Waals surface area contributed by atoms with Crippen molar-refractivity contribution in [3.63, 3.8) is 0 Å². The summed E-state index contributed by atoms with van der Waals surface area (Å²) < 4.78 is 5.79. The first-order valence-corrected chi connectivity index (χ1v) is 7.58. The highest BCUT2D eigenvalue weighted by molar-refractivity contribution is 5.21. The van der Waals surface area contributed by atoms with Crippen molar-refractivity contribution in [2.45, 2.75) is 58.2 Å². The van der Waals surface area contributed by atoms with E-state index in [9.17, 15) is 5.11 Å². The Kier molecular flexibility index (Phi) is 4.87. The molecule has 0 saturated heterocycles. The predicted octanol–water partition coefficient (Wildman–Crippen LogP) is 4.38. The van der Waals surface area contributed by atoms with Gasteiger partial charge in [0.05, 0.1) is 0 Å². The van der Waals surface area contributed by atoms with E-state index in [4.69, 9.17) is 4.74 Å². The lowest BCUT2D eigenvalue weighted by atomic mass is 9.77. The van der Waals surface area contributed by atoms with E-state index in [1.54, 1.807) is 0 Å². The largest absolute Gasteiger partial charge is 0.463 e. The van der Waals surface area contributed by atoms with Gasteiger partial charge >= 0.3 is 0 Å². The molecule has 106 valence electrons. The average molecular weight is 262 g/mol. The third-order valence-corrected chi connectivity index (χ3v) is 4.37. The molecule has 1 aromatic carbocycles. The second-order valence-electron chi connectivity index (χ2n) is 5.98. The summed E-state index contributed by atoms with van der Waals surface area (Å²) in [7, 11) is 0. The monoisotopic (exact) mass is 262 g/mol. The summed E-state index contributed by atoms with van der Waals surface area (Å²) in [4.78, 5) is 0. The van der Waals surface area contributed by atoms with Crippen LogP contribution in [0.1, 0.15) is 52.4 Å². The first kappa shape index (κ1) is 14.4. The molecule has 0 aliphatic heterocycles. The van der Waals surface area contributed by atoms with Crippen molar-refractivity contribution in [3.8, 4) is 5.75 Å². The number of hydrogen-bond donors (Lipinski definition) is 1. The molecule has 0 bridgehead atoms. The van der Waals surface area contributed by atoms with E-state index in [0.29, 0.717) is 0 Å². The van der Waals surface area contributed by atoms with Crippen LogP contribution in [0.25, 0.3) is 0 Å². The summed E-state index contributed by atoms with van der Waals surface area (Å²) >= 11 is 0. The molecule has 1 aliphatic rings. The van der Waals surface area contributed by atoms with Crippen LogP contribution < -0.4 is 4.74 Å². The minimum Gasteiger partial charge on any atom is -0.463 e. The van der Waals surface area contributed by atoms with Crippen LogP contribution in [0, 0.1) is 11.8 Å². The Bertz CT molecular complexity index is 364. The van der Waals surface area contributed by atoms with E-state index >= 15 is 0 Å². The first-order chi connectivity index (χ1) is 9.12. The van der Waals surface area contributed by atoms with E-state index in [2.05, 4.69) is 6.92 Å². The molecule has 1 fully saturated rings.